The SMILES string of the molecule is COc1cc(Br)ccc1C(O)CNC(C)C.Cl. The van der Waals surface area contributed by atoms with Crippen molar-refractivity contribution in [3.63, 3.8) is 0 Å². The van der Waals surface area contributed by atoms with Crippen molar-refractivity contribution in [2.45, 2.75) is 26.0 Å². The van der Waals surface area contributed by atoms with E-state index in [1.54, 1.807) is 7.11 Å². The highest BCUT2D eigenvalue weighted by atomic mass is 79.9. The van der Waals surface area contributed by atoms with Crippen LogP contribution in [0, 0.1) is 0 Å². The molecule has 0 aliphatic carbocycles. The summed E-state index contributed by atoms with van der Waals surface area (Å²) in [6, 6.07) is 5.98. The van der Waals surface area contributed by atoms with Crippen molar-refractivity contribution in [2.75, 3.05) is 13.7 Å². The van der Waals surface area contributed by atoms with Crippen molar-refractivity contribution in [1.82, 2.24) is 5.32 Å². The molecular formula is C12H19BrClNO2. The minimum Gasteiger partial charge on any atom is -0.496 e. The summed E-state index contributed by atoms with van der Waals surface area (Å²) < 4.78 is 6.18. The monoisotopic (exact) mass is 323 g/mol. The highest BCUT2D eigenvalue weighted by Gasteiger charge is 2.13. The average molecular weight is 325 g/mol. The molecule has 98 valence electrons. The van der Waals surface area contributed by atoms with Crippen LogP contribution in [0.15, 0.2) is 22.7 Å². The third-order valence-electron chi connectivity index (χ3n) is 2.27. The lowest BCUT2D eigenvalue weighted by atomic mass is 10.1. The van der Waals surface area contributed by atoms with Crippen LogP contribution in [-0.4, -0.2) is 24.8 Å². The molecule has 1 atom stereocenters. The lowest BCUT2D eigenvalue weighted by Crippen LogP contribution is -2.28. The van der Waals surface area contributed by atoms with Crippen LogP contribution >= 0.6 is 28.3 Å². The normalized spacial score (nSPS) is 12.1. The van der Waals surface area contributed by atoms with Crippen molar-refractivity contribution in [3.05, 3.63) is 28.2 Å². The average Bonchev–Trinajstić information content (AvgIpc) is 2.25. The van der Waals surface area contributed by atoms with Crippen LogP contribution in [0.25, 0.3) is 0 Å². The van der Waals surface area contributed by atoms with E-state index < -0.39 is 6.10 Å². The number of hydrogen-bond donors (Lipinski definition) is 2. The number of methoxy groups -OCH3 is 1. The summed E-state index contributed by atoms with van der Waals surface area (Å²) in [5.74, 6) is 0.701. The van der Waals surface area contributed by atoms with Crippen molar-refractivity contribution in [2.24, 2.45) is 0 Å². The van der Waals surface area contributed by atoms with Gasteiger partial charge >= 0.3 is 0 Å². The molecule has 0 spiro atoms. The number of aliphatic hydroxyl groups excluding tert-OH is 1. The highest BCUT2D eigenvalue weighted by molar-refractivity contribution is 9.10. The number of halogens is 2. The number of aliphatic hydroxyl groups is 1. The predicted molar refractivity (Wildman–Crippen MR) is 76.0 cm³/mol. The molecule has 1 aromatic carbocycles. The maximum absolute atomic E-state index is 10.0. The maximum atomic E-state index is 10.0. The van der Waals surface area contributed by atoms with Crippen LogP contribution in [0.3, 0.4) is 0 Å². The van der Waals surface area contributed by atoms with Crippen LogP contribution in [0.4, 0.5) is 0 Å². The van der Waals surface area contributed by atoms with Gasteiger partial charge in [0, 0.05) is 22.6 Å². The molecule has 5 heteroatoms. The quantitative estimate of drug-likeness (QED) is 0.875. The molecule has 0 radical (unpaired) electrons. The molecular weight excluding hydrogens is 305 g/mol. The summed E-state index contributed by atoms with van der Waals surface area (Å²) >= 11 is 3.37. The third kappa shape index (κ3) is 5.25. The van der Waals surface area contributed by atoms with Crippen LogP contribution < -0.4 is 10.1 Å². The van der Waals surface area contributed by atoms with Gasteiger partial charge in [0.15, 0.2) is 0 Å². The summed E-state index contributed by atoms with van der Waals surface area (Å²) in [5.41, 5.74) is 0.804. The highest BCUT2D eigenvalue weighted by Crippen LogP contribution is 2.28. The van der Waals surface area contributed by atoms with E-state index >= 15 is 0 Å². The molecule has 0 saturated heterocycles. The zero-order chi connectivity index (χ0) is 12.1. The Morgan fingerprint density at radius 3 is 2.59 bits per heavy atom. The van der Waals surface area contributed by atoms with Gasteiger partial charge in [0.1, 0.15) is 5.75 Å². The summed E-state index contributed by atoms with van der Waals surface area (Å²) in [4.78, 5) is 0. The maximum Gasteiger partial charge on any atom is 0.125 e. The molecule has 1 rings (SSSR count). The van der Waals surface area contributed by atoms with Crippen molar-refractivity contribution in [1.29, 1.82) is 0 Å². The van der Waals surface area contributed by atoms with Crippen LogP contribution in [0.1, 0.15) is 25.5 Å². The lowest BCUT2D eigenvalue weighted by molar-refractivity contribution is 0.167. The molecule has 3 nitrogen and oxygen atoms in total. The van der Waals surface area contributed by atoms with E-state index in [9.17, 15) is 5.11 Å². The standard InChI is InChI=1S/C12H18BrNO2.ClH/c1-8(2)14-7-11(15)10-5-4-9(13)6-12(10)16-3;/h4-6,8,11,14-15H,7H2,1-3H3;1H. The lowest BCUT2D eigenvalue weighted by Gasteiger charge is -2.17. The molecule has 0 aliphatic heterocycles. The topological polar surface area (TPSA) is 41.5 Å². The molecule has 0 heterocycles. The molecule has 0 saturated carbocycles. The van der Waals surface area contributed by atoms with Gasteiger partial charge in [-0.2, -0.15) is 0 Å². The number of nitrogens with one attached hydrogen (secondary N) is 1. The number of benzene rings is 1. The molecule has 0 aromatic heterocycles. The second-order valence-corrected chi connectivity index (χ2v) is 4.88. The summed E-state index contributed by atoms with van der Waals surface area (Å²) in [7, 11) is 1.61. The van der Waals surface area contributed by atoms with Gasteiger partial charge in [-0.1, -0.05) is 35.8 Å². The molecule has 1 unspecified atom stereocenters. The molecule has 0 aliphatic rings. The van der Waals surface area contributed by atoms with Gasteiger partial charge in [-0.25, -0.2) is 0 Å². The zero-order valence-electron chi connectivity index (χ0n) is 10.2. The van der Waals surface area contributed by atoms with Gasteiger partial charge in [-0.15, -0.1) is 12.4 Å². The third-order valence-corrected chi connectivity index (χ3v) is 2.77. The number of rotatable bonds is 5. The minimum atomic E-state index is -0.551. The summed E-state index contributed by atoms with van der Waals surface area (Å²) in [6.45, 7) is 4.62. The van der Waals surface area contributed by atoms with Crippen LogP contribution in [-0.2, 0) is 0 Å². The summed E-state index contributed by atoms with van der Waals surface area (Å²) in [5, 5.41) is 13.2. The Kier molecular flexibility index (Phi) is 7.79. The fraction of sp³-hybridized carbons (Fsp3) is 0.500. The second kappa shape index (κ2) is 7.93. The van der Waals surface area contributed by atoms with Crippen molar-refractivity contribution in [3.8, 4) is 5.75 Å². The fourth-order valence-electron chi connectivity index (χ4n) is 1.42. The van der Waals surface area contributed by atoms with Gasteiger partial charge in [0.25, 0.3) is 0 Å². The summed E-state index contributed by atoms with van der Waals surface area (Å²) in [6.07, 6.45) is -0.551. The fourth-order valence-corrected chi connectivity index (χ4v) is 1.76. The molecule has 0 fully saturated rings. The number of hydrogen-bond acceptors (Lipinski definition) is 3. The Morgan fingerprint density at radius 1 is 1.41 bits per heavy atom. The molecule has 17 heavy (non-hydrogen) atoms. The van der Waals surface area contributed by atoms with E-state index in [0.717, 1.165) is 10.0 Å². The first-order chi connectivity index (χ1) is 7.54. The smallest absolute Gasteiger partial charge is 0.125 e. The second-order valence-electron chi connectivity index (χ2n) is 3.97. The van der Waals surface area contributed by atoms with E-state index in [4.69, 9.17) is 4.74 Å². The van der Waals surface area contributed by atoms with Gasteiger partial charge in [-0.3, -0.25) is 0 Å². The molecule has 0 amide bonds. The Bertz CT molecular complexity index is 347. The zero-order valence-corrected chi connectivity index (χ0v) is 12.6. The van der Waals surface area contributed by atoms with Gasteiger partial charge in [-0.05, 0) is 12.1 Å². The number of ether oxygens (including phenoxy) is 1. The van der Waals surface area contributed by atoms with E-state index in [1.165, 1.54) is 0 Å². The molecule has 0 bridgehead atoms. The van der Waals surface area contributed by atoms with E-state index in [0.29, 0.717) is 18.3 Å². The Hall–Kier alpha value is -0.290. The van der Waals surface area contributed by atoms with Gasteiger partial charge in [0.2, 0.25) is 0 Å². The predicted octanol–water partition coefficient (Wildman–Crippen LogP) is 2.91. The van der Waals surface area contributed by atoms with Gasteiger partial charge in [0.05, 0.1) is 13.2 Å². The van der Waals surface area contributed by atoms with E-state index in [1.807, 2.05) is 32.0 Å². The van der Waals surface area contributed by atoms with Crippen molar-refractivity contribution >= 4 is 28.3 Å². The van der Waals surface area contributed by atoms with Gasteiger partial charge < -0.3 is 15.2 Å². The van der Waals surface area contributed by atoms with Crippen LogP contribution in [0.2, 0.25) is 0 Å². The van der Waals surface area contributed by atoms with Crippen molar-refractivity contribution < 1.29 is 9.84 Å². The largest absolute Gasteiger partial charge is 0.496 e. The molecule has 1 aromatic rings. The first-order valence-electron chi connectivity index (χ1n) is 5.29. The Balaban J connectivity index is 0.00000256. The Morgan fingerprint density at radius 2 is 2.06 bits per heavy atom. The molecule has 2 N–H and O–H groups in total. The first-order valence-corrected chi connectivity index (χ1v) is 6.08. The van der Waals surface area contributed by atoms with Crippen LogP contribution in [0.5, 0.6) is 5.75 Å². The van der Waals surface area contributed by atoms with E-state index in [-0.39, 0.29) is 12.4 Å². The minimum absolute atomic E-state index is 0. The first kappa shape index (κ1) is 16.7. The Labute approximate surface area is 117 Å². The van der Waals surface area contributed by atoms with E-state index in [2.05, 4.69) is 21.2 Å².